The molecule has 9 nitrogen and oxygen atoms in total. The summed E-state index contributed by atoms with van der Waals surface area (Å²) in [5.41, 5.74) is 2.14. The number of amides is 1. The number of benzene rings is 2. The van der Waals surface area contributed by atoms with Crippen molar-refractivity contribution in [2.75, 3.05) is 19.5 Å². The van der Waals surface area contributed by atoms with Crippen LogP contribution < -0.4 is 10.1 Å². The van der Waals surface area contributed by atoms with E-state index in [9.17, 15) is 14.7 Å². The molecule has 0 aliphatic heterocycles. The molecule has 35 heavy (non-hydrogen) atoms. The van der Waals surface area contributed by atoms with Crippen molar-refractivity contribution in [3.8, 4) is 5.75 Å². The highest BCUT2D eigenvalue weighted by molar-refractivity contribution is 7.99. The predicted octanol–water partition coefficient (Wildman–Crippen LogP) is 3.24. The summed E-state index contributed by atoms with van der Waals surface area (Å²) in [6.45, 7) is 2.47. The lowest BCUT2D eigenvalue weighted by Crippen LogP contribution is -2.32. The van der Waals surface area contributed by atoms with Crippen LogP contribution in [0.25, 0.3) is 10.9 Å². The molecular formula is C25H27N5O4S. The summed E-state index contributed by atoms with van der Waals surface area (Å²) in [6, 6.07) is 13.8. The number of hydrogen-bond donors (Lipinski definition) is 2. The molecule has 0 aliphatic rings. The van der Waals surface area contributed by atoms with E-state index in [4.69, 9.17) is 4.74 Å². The lowest BCUT2D eigenvalue weighted by Gasteiger charge is -2.16. The Kier molecular flexibility index (Phi) is 7.52. The Balaban J connectivity index is 1.45. The van der Waals surface area contributed by atoms with Gasteiger partial charge in [-0.25, -0.2) is 0 Å². The molecule has 1 atom stereocenters. The van der Waals surface area contributed by atoms with E-state index in [1.54, 1.807) is 43.0 Å². The predicted molar refractivity (Wildman–Crippen MR) is 134 cm³/mol. The van der Waals surface area contributed by atoms with E-state index in [-0.39, 0.29) is 24.1 Å². The number of aliphatic hydroxyl groups excluding tert-OH is 1. The number of aromatic nitrogens is 4. The van der Waals surface area contributed by atoms with E-state index in [0.717, 1.165) is 17.4 Å². The third-order valence-electron chi connectivity index (χ3n) is 5.78. The molecule has 0 radical (unpaired) electrons. The second-order valence-electron chi connectivity index (χ2n) is 7.89. The molecule has 0 unspecified atom stereocenters. The van der Waals surface area contributed by atoms with Crippen molar-refractivity contribution in [3.05, 3.63) is 71.7 Å². The molecule has 10 heteroatoms. The van der Waals surface area contributed by atoms with Gasteiger partial charge in [0.1, 0.15) is 11.8 Å². The Morgan fingerprint density at radius 2 is 1.89 bits per heavy atom. The van der Waals surface area contributed by atoms with Crippen LogP contribution in [0.3, 0.4) is 0 Å². The van der Waals surface area contributed by atoms with Gasteiger partial charge in [-0.15, -0.1) is 10.2 Å². The van der Waals surface area contributed by atoms with Gasteiger partial charge in [0.05, 0.1) is 19.5 Å². The fourth-order valence-electron chi connectivity index (χ4n) is 3.87. The maximum atomic E-state index is 13.0. The van der Waals surface area contributed by atoms with Crippen LogP contribution in [-0.2, 0) is 13.6 Å². The van der Waals surface area contributed by atoms with Gasteiger partial charge in [0.2, 0.25) is 0 Å². The molecule has 0 bridgehead atoms. The van der Waals surface area contributed by atoms with E-state index in [2.05, 4.69) is 20.1 Å². The van der Waals surface area contributed by atoms with Crippen LogP contribution in [0.5, 0.6) is 5.75 Å². The van der Waals surface area contributed by atoms with Gasteiger partial charge in [0, 0.05) is 41.8 Å². The monoisotopic (exact) mass is 493 g/mol. The smallest absolute Gasteiger partial charge is 0.251 e. The number of para-hydroxylation sites is 1. The van der Waals surface area contributed by atoms with Crippen molar-refractivity contribution >= 4 is 34.4 Å². The molecule has 2 heterocycles. The Labute approximate surface area is 207 Å². The third-order valence-corrected chi connectivity index (χ3v) is 6.80. The lowest BCUT2D eigenvalue weighted by molar-refractivity contribution is 0.0911. The summed E-state index contributed by atoms with van der Waals surface area (Å²) in [5, 5.41) is 22.5. The summed E-state index contributed by atoms with van der Waals surface area (Å²) in [7, 11) is 3.30. The first-order valence-electron chi connectivity index (χ1n) is 11.2. The first-order valence-corrected chi connectivity index (χ1v) is 12.1. The number of thioether (sulfide) groups is 1. The van der Waals surface area contributed by atoms with Crippen LogP contribution in [0.15, 0.2) is 59.9 Å². The van der Waals surface area contributed by atoms with Crippen molar-refractivity contribution in [3.63, 3.8) is 0 Å². The molecular weight excluding hydrogens is 466 g/mol. The van der Waals surface area contributed by atoms with E-state index in [1.807, 2.05) is 37.4 Å². The number of aryl methyl sites for hydroxylation is 1. The molecule has 1 amide bonds. The van der Waals surface area contributed by atoms with Crippen molar-refractivity contribution in [1.29, 1.82) is 0 Å². The number of nitrogens with zero attached hydrogens (tertiary/aromatic N) is 4. The molecule has 182 valence electrons. The van der Waals surface area contributed by atoms with Gasteiger partial charge < -0.3 is 24.3 Å². The topological polar surface area (TPSA) is 111 Å². The number of aliphatic hydroxyl groups is 1. The molecule has 0 saturated heterocycles. The minimum absolute atomic E-state index is 0.00512. The molecule has 0 saturated carbocycles. The number of ketones is 1. The SMILES string of the molecule is CCn1cc(C(=O)CSc2nnc([C@@H](CO)NC(=O)c3ccc(OC)cc3)n2C)c2ccccc21. The van der Waals surface area contributed by atoms with E-state index >= 15 is 0 Å². The van der Waals surface area contributed by atoms with Crippen molar-refractivity contribution in [2.45, 2.75) is 24.7 Å². The van der Waals surface area contributed by atoms with Gasteiger partial charge >= 0.3 is 0 Å². The Morgan fingerprint density at radius 3 is 2.57 bits per heavy atom. The summed E-state index contributed by atoms with van der Waals surface area (Å²) in [5.74, 6) is 0.864. The fourth-order valence-corrected chi connectivity index (χ4v) is 4.67. The number of methoxy groups -OCH3 is 1. The Morgan fingerprint density at radius 1 is 1.14 bits per heavy atom. The van der Waals surface area contributed by atoms with E-state index < -0.39 is 6.04 Å². The quantitative estimate of drug-likeness (QED) is 0.258. The van der Waals surface area contributed by atoms with Gasteiger partial charge in [-0.3, -0.25) is 9.59 Å². The van der Waals surface area contributed by atoms with Crippen LogP contribution in [-0.4, -0.2) is 55.6 Å². The van der Waals surface area contributed by atoms with Crippen LogP contribution >= 0.6 is 11.8 Å². The number of nitrogens with one attached hydrogen (secondary N) is 1. The fraction of sp³-hybridized carbons (Fsp3) is 0.280. The Bertz CT molecular complexity index is 1350. The van der Waals surface area contributed by atoms with Gasteiger partial charge in [-0.2, -0.15) is 0 Å². The first-order chi connectivity index (χ1) is 17.0. The highest BCUT2D eigenvalue weighted by Crippen LogP contribution is 2.25. The highest BCUT2D eigenvalue weighted by Gasteiger charge is 2.23. The summed E-state index contributed by atoms with van der Waals surface area (Å²) in [6.07, 6.45) is 1.89. The molecule has 0 aliphatic carbocycles. The minimum Gasteiger partial charge on any atom is -0.497 e. The van der Waals surface area contributed by atoms with E-state index in [0.29, 0.717) is 27.9 Å². The van der Waals surface area contributed by atoms with Crippen molar-refractivity contribution in [1.82, 2.24) is 24.6 Å². The number of ether oxygens (including phenoxy) is 1. The summed E-state index contributed by atoms with van der Waals surface area (Å²) in [4.78, 5) is 25.7. The first kappa shape index (κ1) is 24.5. The second kappa shape index (κ2) is 10.7. The summed E-state index contributed by atoms with van der Waals surface area (Å²) < 4.78 is 8.86. The Hall–Kier alpha value is -3.63. The minimum atomic E-state index is -0.755. The molecule has 4 aromatic rings. The second-order valence-corrected chi connectivity index (χ2v) is 8.84. The number of fused-ring (bicyclic) bond motifs is 1. The van der Waals surface area contributed by atoms with Crippen LogP contribution in [0.4, 0.5) is 0 Å². The number of carbonyl (C=O) groups is 2. The molecule has 0 fully saturated rings. The van der Waals surface area contributed by atoms with Gasteiger partial charge in [-0.1, -0.05) is 30.0 Å². The zero-order chi connectivity index (χ0) is 24.9. The zero-order valence-corrected chi connectivity index (χ0v) is 20.6. The largest absolute Gasteiger partial charge is 0.497 e. The van der Waals surface area contributed by atoms with Gasteiger partial charge in [0.25, 0.3) is 5.91 Å². The molecule has 2 aromatic carbocycles. The zero-order valence-electron chi connectivity index (χ0n) is 19.8. The molecule has 0 spiro atoms. The van der Waals surface area contributed by atoms with E-state index in [1.165, 1.54) is 11.8 Å². The average molecular weight is 494 g/mol. The van der Waals surface area contributed by atoms with Crippen molar-refractivity contribution < 1.29 is 19.4 Å². The van der Waals surface area contributed by atoms with Crippen LogP contribution in [0.2, 0.25) is 0 Å². The highest BCUT2D eigenvalue weighted by atomic mass is 32.2. The summed E-state index contributed by atoms with van der Waals surface area (Å²) >= 11 is 1.27. The van der Waals surface area contributed by atoms with Crippen LogP contribution in [0, 0.1) is 0 Å². The lowest BCUT2D eigenvalue weighted by atomic mass is 10.1. The molecule has 2 N–H and O–H groups in total. The normalized spacial score (nSPS) is 12.0. The van der Waals surface area contributed by atoms with Crippen molar-refractivity contribution in [2.24, 2.45) is 7.05 Å². The number of Topliss-reactive ketones (excluding diaryl/α,β-unsaturated/α-hetero) is 1. The van der Waals surface area contributed by atoms with Crippen LogP contribution in [0.1, 0.15) is 39.5 Å². The standard InChI is InChI=1S/C25H27N5O4S/c1-4-30-13-19(18-7-5-6-8-21(18)30)22(32)15-35-25-28-27-23(29(25)2)20(14-31)26-24(33)16-9-11-17(34-3)12-10-16/h5-13,20,31H,4,14-15H2,1-3H3,(H,26,33)/t20-/m1/s1. The maximum absolute atomic E-state index is 13.0. The number of hydrogen-bond acceptors (Lipinski definition) is 7. The molecule has 4 rings (SSSR count). The average Bonchev–Trinajstić information content (AvgIpc) is 3.46. The van der Waals surface area contributed by atoms with Gasteiger partial charge in [0.15, 0.2) is 16.8 Å². The van der Waals surface area contributed by atoms with Gasteiger partial charge in [-0.05, 0) is 37.3 Å². The number of carbonyl (C=O) groups excluding carboxylic acids is 2. The maximum Gasteiger partial charge on any atom is 0.251 e. The molecule has 2 aromatic heterocycles. The number of rotatable bonds is 10. The third kappa shape index (κ3) is 5.08.